The lowest BCUT2D eigenvalue weighted by molar-refractivity contribution is 0.0948. The zero-order valence-electron chi connectivity index (χ0n) is 12.1. The van der Waals surface area contributed by atoms with E-state index in [-0.39, 0.29) is 18.3 Å². The van der Waals surface area contributed by atoms with E-state index in [4.69, 9.17) is 4.74 Å². The average molecular weight is 311 g/mol. The number of para-hydroxylation sites is 1. The molecular formula is C16H23ClN2O2. The summed E-state index contributed by atoms with van der Waals surface area (Å²) in [6.07, 6.45) is 3.89. The number of benzene rings is 1. The molecule has 1 unspecified atom stereocenters. The number of halogens is 1. The Morgan fingerprint density at radius 2 is 2.29 bits per heavy atom. The number of amides is 1. The van der Waals surface area contributed by atoms with Crippen LogP contribution in [0.1, 0.15) is 23.2 Å². The molecule has 116 valence electrons. The smallest absolute Gasteiger partial charge is 0.255 e. The van der Waals surface area contributed by atoms with Crippen LogP contribution in [-0.4, -0.2) is 32.1 Å². The van der Waals surface area contributed by atoms with E-state index in [0.29, 0.717) is 30.4 Å². The maximum absolute atomic E-state index is 12.2. The second-order valence-electron chi connectivity index (χ2n) is 5.00. The summed E-state index contributed by atoms with van der Waals surface area (Å²) in [5.41, 5.74) is 0.582. The molecule has 1 aliphatic heterocycles. The van der Waals surface area contributed by atoms with Gasteiger partial charge in [-0.05, 0) is 44.0 Å². The van der Waals surface area contributed by atoms with Gasteiger partial charge < -0.3 is 15.4 Å². The summed E-state index contributed by atoms with van der Waals surface area (Å²) in [6, 6.07) is 7.29. The Labute approximate surface area is 132 Å². The highest BCUT2D eigenvalue weighted by atomic mass is 35.5. The Kier molecular flexibility index (Phi) is 7.87. The molecule has 0 radical (unpaired) electrons. The fourth-order valence-corrected chi connectivity index (χ4v) is 2.37. The first-order chi connectivity index (χ1) is 9.81. The van der Waals surface area contributed by atoms with Gasteiger partial charge in [0.25, 0.3) is 5.91 Å². The Bertz CT molecular complexity index is 459. The van der Waals surface area contributed by atoms with Gasteiger partial charge in [-0.2, -0.15) is 0 Å². The van der Waals surface area contributed by atoms with Crippen molar-refractivity contribution < 1.29 is 9.53 Å². The maximum atomic E-state index is 12.2. The van der Waals surface area contributed by atoms with Crippen LogP contribution in [0.2, 0.25) is 0 Å². The number of nitrogens with one attached hydrogen (secondary N) is 2. The summed E-state index contributed by atoms with van der Waals surface area (Å²) in [7, 11) is 0. The number of carbonyl (C=O) groups is 1. The lowest BCUT2D eigenvalue weighted by Crippen LogP contribution is -2.26. The largest absolute Gasteiger partial charge is 0.489 e. The summed E-state index contributed by atoms with van der Waals surface area (Å²) in [6.45, 7) is 6.88. The molecule has 1 saturated heterocycles. The molecule has 5 heteroatoms. The second kappa shape index (κ2) is 9.42. The maximum Gasteiger partial charge on any atom is 0.255 e. The third kappa shape index (κ3) is 5.40. The summed E-state index contributed by atoms with van der Waals surface area (Å²) in [4.78, 5) is 12.2. The van der Waals surface area contributed by atoms with Gasteiger partial charge in [0.05, 0.1) is 5.56 Å². The molecule has 0 aliphatic carbocycles. The monoisotopic (exact) mass is 310 g/mol. The van der Waals surface area contributed by atoms with E-state index in [1.165, 1.54) is 6.42 Å². The lowest BCUT2D eigenvalue weighted by atomic mass is 10.1. The standard InChI is InChI=1S/C16H22N2O2.ClH/c1-2-11-20-15-6-4-3-5-14(15)16(19)18-10-8-13-7-9-17-12-13;/h2-6,13,17H,1,7-12H2,(H,18,19);1H. The SMILES string of the molecule is C=CCOc1ccccc1C(=O)NCCC1CCNC1.Cl. The molecule has 0 aromatic heterocycles. The molecular weight excluding hydrogens is 288 g/mol. The number of rotatable bonds is 7. The normalized spacial score (nSPS) is 16.9. The van der Waals surface area contributed by atoms with Crippen molar-refractivity contribution in [2.75, 3.05) is 26.2 Å². The van der Waals surface area contributed by atoms with Crippen LogP contribution >= 0.6 is 12.4 Å². The van der Waals surface area contributed by atoms with E-state index in [2.05, 4.69) is 17.2 Å². The molecule has 0 saturated carbocycles. The Morgan fingerprint density at radius 3 is 3.00 bits per heavy atom. The van der Waals surface area contributed by atoms with Crippen LogP contribution < -0.4 is 15.4 Å². The topological polar surface area (TPSA) is 50.4 Å². The van der Waals surface area contributed by atoms with Crippen LogP contribution in [0.15, 0.2) is 36.9 Å². The molecule has 1 aliphatic rings. The molecule has 1 aromatic carbocycles. The quantitative estimate of drug-likeness (QED) is 0.760. The Balaban J connectivity index is 0.00000220. The van der Waals surface area contributed by atoms with Crippen LogP contribution in [0.25, 0.3) is 0 Å². The summed E-state index contributed by atoms with van der Waals surface area (Å²) in [5.74, 6) is 1.21. The fraction of sp³-hybridized carbons (Fsp3) is 0.438. The number of carbonyl (C=O) groups excluding carboxylic acids is 1. The van der Waals surface area contributed by atoms with Gasteiger partial charge in [-0.15, -0.1) is 12.4 Å². The predicted octanol–water partition coefficient (Wildman–Crippen LogP) is 2.40. The van der Waals surface area contributed by atoms with Gasteiger partial charge in [-0.25, -0.2) is 0 Å². The van der Waals surface area contributed by atoms with E-state index in [1.54, 1.807) is 18.2 Å². The molecule has 0 bridgehead atoms. The van der Waals surface area contributed by atoms with Crippen molar-refractivity contribution in [3.8, 4) is 5.75 Å². The van der Waals surface area contributed by atoms with Gasteiger partial charge in [-0.3, -0.25) is 4.79 Å². The van der Waals surface area contributed by atoms with Gasteiger partial charge in [0, 0.05) is 6.54 Å². The Hall–Kier alpha value is -1.52. The minimum Gasteiger partial charge on any atom is -0.489 e. The number of ether oxygens (including phenoxy) is 1. The summed E-state index contributed by atoms with van der Waals surface area (Å²) < 4.78 is 5.50. The zero-order valence-corrected chi connectivity index (χ0v) is 13.0. The van der Waals surface area contributed by atoms with Gasteiger partial charge in [-0.1, -0.05) is 24.8 Å². The molecule has 1 fully saturated rings. The fourth-order valence-electron chi connectivity index (χ4n) is 2.37. The zero-order chi connectivity index (χ0) is 14.2. The molecule has 1 heterocycles. The number of hydrogen-bond donors (Lipinski definition) is 2. The first kappa shape index (κ1) is 17.5. The van der Waals surface area contributed by atoms with Crippen LogP contribution in [0.4, 0.5) is 0 Å². The van der Waals surface area contributed by atoms with Crippen molar-refractivity contribution in [3.05, 3.63) is 42.5 Å². The third-order valence-corrected chi connectivity index (χ3v) is 3.49. The number of hydrogen-bond acceptors (Lipinski definition) is 3. The first-order valence-corrected chi connectivity index (χ1v) is 7.13. The highest BCUT2D eigenvalue weighted by Crippen LogP contribution is 2.18. The van der Waals surface area contributed by atoms with E-state index in [1.807, 2.05) is 12.1 Å². The minimum absolute atomic E-state index is 0. The van der Waals surface area contributed by atoms with Gasteiger partial charge in [0.2, 0.25) is 0 Å². The minimum atomic E-state index is -0.0735. The van der Waals surface area contributed by atoms with Gasteiger partial charge in [0.1, 0.15) is 12.4 Å². The van der Waals surface area contributed by atoms with Crippen molar-refractivity contribution >= 4 is 18.3 Å². The summed E-state index contributed by atoms with van der Waals surface area (Å²) in [5, 5.41) is 6.30. The average Bonchev–Trinajstić information content (AvgIpc) is 2.98. The van der Waals surface area contributed by atoms with Crippen molar-refractivity contribution in [2.24, 2.45) is 5.92 Å². The third-order valence-electron chi connectivity index (χ3n) is 3.49. The van der Waals surface area contributed by atoms with E-state index < -0.39 is 0 Å². The van der Waals surface area contributed by atoms with Gasteiger partial charge in [0.15, 0.2) is 0 Å². The second-order valence-corrected chi connectivity index (χ2v) is 5.00. The summed E-state index contributed by atoms with van der Waals surface area (Å²) >= 11 is 0. The van der Waals surface area contributed by atoms with E-state index in [0.717, 1.165) is 19.5 Å². The molecule has 1 aromatic rings. The van der Waals surface area contributed by atoms with Crippen molar-refractivity contribution in [1.29, 1.82) is 0 Å². The van der Waals surface area contributed by atoms with Crippen molar-refractivity contribution in [1.82, 2.24) is 10.6 Å². The van der Waals surface area contributed by atoms with E-state index >= 15 is 0 Å². The highest BCUT2D eigenvalue weighted by Gasteiger charge is 2.15. The molecule has 2 N–H and O–H groups in total. The van der Waals surface area contributed by atoms with Crippen molar-refractivity contribution in [2.45, 2.75) is 12.8 Å². The predicted molar refractivity (Wildman–Crippen MR) is 87.3 cm³/mol. The molecule has 2 rings (SSSR count). The Morgan fingerprint density at radius 1 is 1.48 bits per heavy atom. The van der Waals surface area contributed by atoms with Crippen LogP contribution in [0.5, 0.6) is 5.75 Å². The molecule has 1 amide bonds. The molecule has 1 atom stereocenters. The first-order valence-electron chi connectivity index (χ1n) is 7.13. The van der Waals surface area contributed by atoms with Gasteiger partial charge >= 0.3 is 0 Å². The van der Waals surface area contributed by atoms with Crippen LogP contribution in [-0.2, 0) is 0 Å². The molecule has 4 nitrogen and oxygen atoms in total. The van der Waals surface area contributed by atoms with Crippen LogP contribution in [0.3, 0.4) is 0 Å². The van der Waals surface area contributed by atoms with E-state index in [9.17, 15) is 4.79 Å². The molecule has 21 heavy (non-hydrogen) atoms. The highest BCUT2D eigenvalue weighted by molar-refractivity contribution is 5.96. The van der Waals surface area contributed by atoms with Crippen LogP contribution in [0, 0.1) is 5.92 Å². The van der Waals surface area contributed by atoms with Crippen molar-refractivity contribution in [3.63, 3.8) is 0 Å². The molecule has 0 spiro atoms. The lowest BCUT2D eigenvalue weighted by Gasteiger charge is -2.12.